The molecule has 0 aliphatic heterocycles. The molecule has 9 aromatic carbocycles. The fraction of sp³-hybridized carbons (Fsp3) is 0. The molecule has 3 nitrogen and oxygen atoms in total. The Labute approximate surface area is 336 Å². The summed E-state index contributed by atoms with van der Waals surface area (Å²) in [6.07, 6.45) is 0. The summed E-state index contributed by atoms with van der Waals surface area (Å²) >= 11 is 0. The summed E-state index contributed by atoms with van der Waals surface area (Å²) in [5.74, 6) is 0.700. The van der Waals surface area contributed by atoms with Crippen molar-refractivity contribution in [2.75, 3.05) is 0 Å². The van der Waals surface area contributed by atoms with Crippen molar-refractivity contribution in [1.82, 2.24) is 15.0 Å². The maximum Gasteiger partial charge on any atom is 0.160 e. The first-order valence-corrected chi connectivity index (χ1v) is 19.7. The molecule has 0 aliphatic carbocycles. The molecule has 0 aliphatic rings. The number of pyridine rings is 1. The smallest absolute Gasteiger partial charge is 0.160 e. The van der Waals surface area contributed by atoms with Crippen LogP contribution in [0.1, 0.15) is 0 Å². The summed E-state index contributed by atoms with van der Waals surface area (Å²) in [6.45, 7) is 0. The molecular formula is C55H35N3. The molecule has 0 unspecified atom stereocenters. The van der Waals surface area contributed by atoms with Crippen LogP contribution in [0.5, 0.6) is 0 Å². The molecule has 0 saturated heterocycles. The first-order chi connectivity index (χ1) is 28.7. The van der Waals surface area contributed by atoms with Gasteiger partial charge < -0.3 is 0 Å². The van der Waals surface area contributed by atoms with Gasteiger partial charge in [-0.2, -0.15) is 0 Å². The van der Waals surface area contributed by atoms with Crippen LogP contribution < -0.4 is 0 Å². The van der Waals surface area contributed by atoms with E-state index in [9.17, 15) is 0 Å². The maximum atomic E-state index is 5.34. The van der Waals surface area contributed by atoms with Crippen LogP contribution in [0.15, 0.2) is 212 Å². The van der Waals surface area contributed by atoms with E-state index in [4.69, 9.17) is 15.0 Å². The van der Waals surface area contributed by atoms with Crippen LogP contribution in [0.4, 0.5) is 0 Å². The van der Waals surface area contributed by atoms with Crippen molar-refractivity contribution < 1.29 is 0 Å². The SMILES string of the molecule is c1ccc(-c2ccc(-c3nc(-c4ccccc4)cc(-c4ccc(-c5ccc(-c6nc7ccccc7c7c8ccccc8c8ccccc8c67)cc5)cc4)n3)cc2)cc1. The minimum absolute atomic E-state index is 0.700. The number of nitrogens with zero attached hydrogens (tertiary/aromatic N) is 3. The third kappa shape index (κ3) is 5.89. The van der Waals surface area contributed by atoms with Crippen molar-refractivity contribution in [1.29, 1.82) is 0 Å². The molecule has 0 radical (unpaired) electrons. The van der Waals surface area contributed by atoms with E-state index in [-0.39, 0.29) is 0 Å². The van der Waals surface area contributed by atoms with Gasteiger partial charge >= 0.3 is 0 Å². The Hall–Kier alpha value is -7.75. The minimum Gasteiger partial charge on any atom is -0.247 e. The van der Waals surface area contributed by atoms with Gasteiger partial charge in [0.2, 0.25) is 0 Å². The molecule has 0 atom stereocenters. The van der Waals surface area contributed by atoms with Gasteiger partial charge in [-0.25, -0.2) is 15.0 Å². The Morgan fingerprint density at radius 3 is 1.19 bits per heavy atom. The van der Waals surface area contributed by atoms with E-state index in [1.54, 1.807) is 0 Å². The van der Waals surface area contributed by atoms with Gasteiger partial charge in [0.15, 0.2) is 5.82 Å². The summed E-state index contributed by atoms with van der Waals surface area (Å²) in [4.78, 5) is 15.5. The van der Waals surface area contributed by atoms with Crippen LogP contribution in [0.3, 0.4) is 0 Å². The molecule has 270 valence electrons. The molecule has 2 aromatic heterocycles. The number of aromatic nitrogens is 3. The monoisotopic (exact) mass is 737 g/mol. The van der Waals surface area contributed by atoms with Gasteiger partial charge in [0, 0.05) is 38.4 Å². The summed E-state index contributed by atoms with van der Waals surface area (Å²) in [6, 6.07) is 75.0. The predicted octanol–water partition coefficient (Wildman–Crippen LogP) is 14.5. The van der Waals surface area contributed by atoms with Gasteiger partial charge in [-0.1, -0.05) is 200 Å². The lowest BCUT2D eigenvalue weighted by atomic mass is 9.89. The third-order valence-electron chi connectivity index (χ3n) is 11.3. The van der Waals surface area contributed by atoms with Crippen LogP contribution in [-0.4, -0.2) is 15.0 Å². The molecule has 0 N–H and O–H groups in total. The van der Waals surface area contributed by atoms with Gasteiger partial charge in [-0.15, -0.1) is 0 Å². The topological polar surface area (TPSA) is 38.7 Å². The standard InChI is InChI=1S/C55H35N3/c1-3-13-36(14-4-1)37-27-33-43(34-28-37)55-57-50(40-15-5-2-6-16-40)35-51(58-55)41-29-23-38(24-30-41)39-25-31-42(32-26-39)54-53-47-20-10-8-18-45(47)44-17-7-9-19-46(44)52(53)48-21-11-12-22-49(48)56-54/h1-35H. The predicted molar refractivity (Wildman–Crippen MR) is 242 cm³/mol. The molecule has 11 rings (SSSR count). The molecular weight excluding hydrogens is 703 g/mol. The van der Waals surface area contributed by atoms with E-state index in [0.29, 0.717) is 5.82 Å². The van der Waals surface area contributed by atoms with E-state index in [1.165, 1.54) is 43.3 Å². The fourth-order valence-corrected chi connectivity index (χ4v) is 8.41. The van der Waals surface area contributed by atoms with Crippen molar-refractivity contribution in [3.05, 3.63) is 212 Å². The Morgan fingerprint density at radius 1 is 0.241 bits per heavy atom. The van der Waals surface area contributed by atoms with Crippen LogP contribution in [0.2, 0.25) is 0 Å². The second-order valence-corrected chi connectivity index (χ2v) is 14.7. The Morgan fingerprint density at radius 2 is 0.621 bits per heavy atom. The summed E-state index contributed by atoms with van der Waals surface area (Å²) in [5.41, 5.74) is 12.6. The zero-order valence-electron chi connectivity index (χ0n) is 31.5. The zero-order chi connectivity index (χ0) is 38.4. The fourth-order valence-electron chi connectivity index (χ4n) is 8.41. The molecule has 58 heavy (non-hydrogen) atoms. The average Bonchev–Trinajstić information content (AvgIpc) is 3.32. The lowest BCUT2D eigenvalue weighted by molar-refractivity contribution is 1.18. The quantitative estimate of drug-likeness (QED) is 0.160. The van der Waals surface area contributed by atoms with E-state index < -0.39 is 0 Å². The summed E-state index contributed by atoms with van der Waals surface area (Å²) in [7, 11) is 0. The number of fused-ring (bicyclic) bond motifs is 8. The van der Waals surface area contributed by atoms with Gasteiger partial charge in [0.05, 0.1) is 22.6 Å². The maximum absolute atomic E-state index is 5.34. The largest absolute Gasteiger partial charge is 0.247 e. The molecule has 0 bridgehead atoms. The number of rotatable bonds is 6. The van der Waals surface area contributed by atoms with Crippen molar-refractivity contribution in [3.8, 4) is 67.4 Å². The lowest BCUT2D eigenvalue weighted by Gasteiger charge is -2.16. The molecule has 0 fully saturated rings. The number of hydrogen-bond donors (Lipinski definition) is 0. The van der Waals surface area contributed by atoms with E-state index >= 15 is 0 Å². The van der Waals surface area contributed by atoms with Crippen LogP contribution in [-0.2, 0) is 0 Å². The van der Waals surface area contributed by atoms with Gasteiger partial charge in [0.1, 0.15) is 0 Å². The normalized spacial score (nSPS) is 11.4. The second-order valence-electron chi connectivity index (χ2n) is 14.7. The highest BCUT2D eigenvalue weighted by Crippen LogP contribution is 2.43. The summed E-state index contributed by atoms with van der Waals surface area (Å²) in [5, 5.41) is 8.59. The van der Waals surface area contributed by atoms with Crippen molar-refractivity contribution in [2.45, 2.75) is 0 Å². The minimum atomic E-state index is 0.700. The molecule has 0 saturated carbocycles. The van der Waals surface area contributed by atoms with Crippen molar-refractivity contribution >= 4 is 43.2 Å². The van der Waals surface area contributed by atoms with Crippen LogP contribution in [0.25, 0.3) is 111 Å². The van der Waals surface area contributed by atoms with E-state index in [1.807, 2.05) is 24.3 Å². The van der Waals surface area contributed by atoms with Gasteiger partial charge in [-0.3, -0.25) is 0 Å². The average molecular weight is 738 g/mol. The number of benzene rings is 9. The van der Waals surface area contributed by atoms with E-state index in [0.717, 1.165) is 61.5 Å². The highest BCUT2D eigenvalue weighted by atomic mass is 14.9. The lowest BCUT2D eigenvalue weighted by Crippen LogP contribution is -1.96. The molecule has 11 aromatic rings. The summed E-state index contributed by atoms with van der Waals surface area (Å²) < 4.78 is 0. The van der Waals surface area contributed by atoms with Gasteiger partial charge in [0.25, 0.3) is 0 Å². The molecule has 0 spiro atoms. The van der Waals surface area contributed by atoms with E-state index in [2.05, 4.69) is 188 Å². The first kappa shape index (κ1) is 33.6. The Balaban J connectivity index is 0.968. The van der Waals surface area contributed by atoms with Crippen molar-refractivity contribution in [3.63, 3.8) is 0 Å². The highest BCUT2D eigenvalue weighted by Gasteiger charge is 2.18. The van der Waals surface area contributed by atoms with Crippen LogP contribution in [0, 0.1) is 0 Å². The molecule has 3 heteroatoms. The number of para-hydroxylation sites is 1. The highest BCUT2D eigenvalue weighted by molar-refractivity contribution is 6.33. The van der Waals surface area contributed by atoms with Crippen molar-refractivity contribution in [2.24, 2.45) is 0 Å². The Bertz CT molecular complexity index is 3280. The molecule has 2 heterocycles. The second kappa shape index (κ2) is 14.1. The Kier molecular flexibility index (Phi) is 8.15. The third-order valence-corrected chi connectivity index (χ3v) is 11.3. The van der Waals surface area contributed by atoms with Crippen LogP contribution >= 0.6 is 0 Å². The zero-order valence-corrected chi connectivity index (χ0v) is 31.5. The molecule has 0 amide bonds. The number of hydrogen-bond acceptors (Lipinski definition) is 3. The first-order valence-electron chi connectivity index (χ1n) is 19.7. The van der Waals surface area contributed by atoms with Gasteiger partial charge in [-0.05, 0) is 55.9 Å².